The summed E-state index contributed by atoms with van der Waals surface area (Å²) in [6, 6.07) is 12.0. The monoisotopic (exact) mass is 380 g/mol. The smallest absolute Gasteiger partial charge is 0.263 e. The van der Waals surface area contributed by atoms with Gasteiger partial charge in [0, 0.05) is 26.2 Å². The van der Waals surface area contributed by atoms with Gasteiger partial charge in [0.25, 0.3) is 5.91 Å². The molecule has 0 bridgehead atoms. The van der Waals surface area contributed by atoms with Crippen molar-refractivity contribution in [3.8, 4) is 17.0 Å². The molecule has 1 fully saturated rings. The van der Waals surface area contributed by atoms with Crippen molar-refractivity contribution < 1.29 is 14.3 Å². The van der Waals surface area contributed by atoms with Crippen molar-refractivity contribution in [1.29, 1.82) is 0 Å². The number of rotatable bonds is 4. The second kappa shape index (κ2) is 7.59. The van der Waals surface area contributed by atoms with Crippen molar-refractivity contribution in [2.24, 2.45) is 7.05 Å². The molecule has 0 N–H and O–H groups in total. The van der Waals surface area contributed by atoms with E-state index in [0.717, 1.165) is 27.9 Å². The van der Waals surface area contributed by atoms with Crippen LogP contribution in [0, 0.1) is 6.92 Å². The van der Waals surface area contributed by atoms with E-state index >= 15 is 0 Å². The van der Waals surface area contributed by atoms with Crippen LogP contribution in [0.15, 0.2) is 36.4 Å². The van der Waals surface area contributed by atoms with Gasteiger partial charge in [0.2, 0.25) is 5.88 Å². The molecule has 146 valence electrons. The molecule has 7 heteroatoms. The first-order chi connectivity index (χ1) is 13.5. The lowest BCUT2D eigenvalue weighted by molar-refractivity contribution is -0.142. The molecule has 1 aliphatic heterocycles. The topological polar surface area (TPSA) is 69.5 Å². The summed E-state index contributed by atoms with van der Waals surface area (Å²) in [6.45, 7) is 6.05. The lowest BCUT2D eigenvalue weighted by Gasteiger charge is -2.29. The molecule has 0 aliphatic carbocycles. The number of hydrogen-bond acceptors (Lipinski definition) is 5. The van der Waals surface area contributed by atoms with Gasteiger partial charge in [-0.25, -0.2) is 0 Å². The van der Waals surface area contributed by atoms with Crippen LogP contribution in [0.2, 0.25) is 0 Å². The molecular formula is C21H24N4O3. The molecule has 0 spiro atoms. The maximum Gasteiger partial charge on any atom is 0.263 e. The molecule has 1 atom stereocenters. The second-order valence-electron chi connectivity index (χ2n) is 6.98. The highest BCUT2D eigenvalue weighted by Crippen LogP contribution is 2.33. The summed E-state index contributed by atoms with van der Waals surface area (Å²) in [6.07, 6.45) is -0.624. The number of pyridine rings is 1. The zero-order valence-corrected chi connectivity index (χ0v) is 16.4. The van der Waals surface area contributed by atoms with E-state index in [0.29, 0.717) is 32.2 Å². The minimum atomic E-state index is -0.624. The summed E-state index contributed by atoms with van der Waals surface area (Å²) in [5.74, 6) is 0.371. The molecule has 1 aromatic carbocycles. The average molecular weight is 380 g/mol. The Hall–Kier alpha value is -2.93. The first-order valence-corrected chi connectivity index (χ1v) is 9.47. The largest absolute Gasteiger partial charge is 0.464 e. The fraction of sp³-hybridized carbons (Fsp3) is 0.381. The van der Waals surface area contributed by atoms with Gasteiger partial charge < -0.3 is 14.4 Å². The number of amides is 1. The highest BCUT2D eigenvalue weighted by Gasteiger charge is 2.25. The Morgan fingerprint density at radius 1 is 1.21 bits per heavy atom. The summed E-state index contributed by atoms with van der Waals surface area (Å²) in [7, 11) is 1.86. The number of carbonyl (C=O) groups is 1. The predicted octanol–water partition coefficient (Wildman–Crippen LogP) is 2.57. The lowest BCUT2D eigenvalue weighted by atomic mass is 10.0. The van der Waals surface area contributed by atoms with E-state index in [9.17, 15) is 4.79 Å². The highest BCUT2D eigenvalue weighted by atomic mass is 16.5. The van der Waals surface area contributed by atoms with Crippen molar-refractivity contribution in [3.05, 3.63) is 42.1 Å². The van der Waals surface area contributed by atoms with Crippen LogP contribution < -0.4 is 4.74 Å². The Labute approximate surface area is 163 Å². The van der Waals surface area contributed by atoms with Gasteiger partial charge in [-0.1, -0.05) is 30.3 Å². The third-order valence-electron chi connectivity index (χ3n) is 5.00. The van der Waals surface area contributed by atoms with Crippen LogP contribution in [-0.2, 0) is 16.6 Å². The summed E-state index contributed by atoms with van der Waals surface area (Å²) >= 11 is 0. The first-order valence-electron chi connectivity index (χ1n) is 9.47. The van der Waals surface area contributed by atoms with Gasteiger partial charge in [0.05, 0.1) is 24.3 Å². The van der Waals surface area contributed by atoms with E-state index in [1.54, 1.807) is 16.5 Å². The molecule has 0 unspecified atom stereocenters. The molecule has 2 aromatic heterocycles. The standard InChI is InChI=1S/C21H24N4O3/c1-14-19-17(16-7-5-4-6-8-16)13-18(22-20(19)24(3)23-14)28-15(2)21(26)25-9-11-27-12-10-25/h4-8,13,15H,9-12H2,1-3H3/t15-/m1/s1. The number of aromatic nitrogens is 3. The van der Waals surface area contributed by atoms with E-state index in [-0.39, 0.29) is 5.91 Å². The molecule has 1 saturated heterocycles. The van der Waals surface area contributed by atoms with E-state index < -0.39 is 6.10 Å². The van der Waals surface area contributed by atoms with Crippen molar-refractivity contribution in [3.63, 3.8) is 0 Å². The normalized spacial score (nSPS) is 15.6. The highest BCUT2D eigenvalue weighted by molar-refractivity contribution is 5.95. The van der Waals surface area contributed by atoms with E-state index in [4.69, 9.17) is 9.47 Å². The van der Waals surface area contributed by atoms with E-state index in [1.165, 1.54) is 0 Å². The summed E-state index contributed by atoms with van der Waals surface area (Å²) in [5.41, 5.74) is 3.70. The van der Waals surface area contributed by atoms with Gasteiger partial charge in [0.15, 0.2) is 11.8 Å². The molecular weight excluding hydrogens is 356 g/mol. The molecule has 4 rings (SSSR count). The van der Waals surface area contributed by atoms with Gasteiger partial charge in [-0.3, -0.25) is 9.48 Å². The van der Waals surface area contributed by atoms with Crippen LogP contribution in [-0.4, -0.2) is 58.0 Å². The predicted molar refractivity (Wildman–Crippen MR) is 106 cm³/mol. The van der Waals surface area contributed by atoms with Crippen molar-refractivity contribution >= 4 is 16.9 Å². The third-order valence-corrected chi connectivity index (χ3v) is 5.00. The third kappa shape index (κ3) is 3.45. The van der Waals surface area contributed by atoms with Crippen molar-refractivity contribution in [1.82, 2.24) is 19.7 Å². The Balaban J connectivity index is 1.69. The molecule has 3 heterocycles. The van der Waals surface area contributed by atoms with E-state index in [1.807, 2.05) is 50.4 Å². The summed E-state index contributed by atoms with van der Waals surface area (Å²) < 4.78 is 13.0. The molecule has 0 radical (unpaired) electrons. The Kier molecular flexibility index (Phi) is 5.00. The lowest BCUT2D eigenvalue weighted by Crippen LogP contribution is -2.46. The number of benzene rings is 1. The molecule has 28 heavy (non-hydrogen) atoms. The molecule has 1 amide bonds. The zero-order chi connectivity index (χ0) is 19.7. The van der Waals surface area contributed by atoms with Crippen LogP contribution in [0.5, 0.6) is 5.88 Å². The summed E-state index contributed by atoms with van der Waals surface area (Å²) in [4.78, 5) is 19.1. The second-order valence-corrected chi connectivity index (χ2v) is 6.98. The van der Waals surface area contributed by atoms with Crippen LogP contribution in [0.1, 0.15) is 12.6 Å². The molecule has 1 aliphatic rings. The Morgan fingerprint density at radius 3 is 2.64 bits per heavy atom. The number of nitrogens with zero attached hydrogens (tertiary/aromatic N) is 4. The SMILES string of the molecule is Cc1nn(C)c2nc(O[C@H](C)C(=O)N3CCOCC3)cc(-c3ccccc3)c12. The van der Waals surface area contributed by atoms with Crippen molar-refractivity contribution in [2.75, 3.05) is 26.3 Å². The number of morpholine rings is 1. The van der Waals surface area contributed by atoms with E-state index in [2.05, 4.69) is 10.1 Å². The number of aryl methyl sites for hydroxylation is 2. The molecule has 7 nitrogen and oxygen atoms in total. The van der Waals surface area contributed by atoms with Gasteiger partial charge >= 0.3 is 0 Å². The van der Waals surface area contributed by atoms with Crippen LogP contribution in [0.3, 0.4) is 0 Å². The molecule has 3 aromatic rings. The zero-order valence-electron chi connectivity index (χ0n) is 16.4. The quantitative estimate of drug-likeness (QED) is 0.696. The number of hydrogen-bond donors (Lipinski definition) is 0. The number of ether oxygens (including phenoxy) is 2. The van der Waals surface area contributed by atoms with Gasteiger partial charge in [-0.05, 0) is 25.0 Å². The maximum absolute atomic E-state index is 12.7. The minimum absolute atomic E-state index is 0.0485. The Morgan fingerprint density at radius 2 is 1.93 bits per heavy atom. The van der Waals surface area contributed by atoms with Crippen molar-refractivity contribution in [2.45, 2.75) is 20.0 Å². The fourth-order valence-corrected chi connectivity index (χ4v) is 3.60. The van der Waals surface area contributed by atoms with Gasteiger partial charge in [0.1, 0.15) is 0 Å². The van der Waals surface area contributed by atoms with Crippen LogP contribution in [0.4, 0.5) is 0 Å². The van der Waals surface area contributed by atoms with Crippen LogP contribution in [0.25, 0.3) is 22.2 Å². The first kappa shape index (κ1) is 18.4. The van der Waals surface area contributed by atoms with Crippen LogP contribution >= 0.6 is 0 Å². The van der Waals surface area contributed by atoms with Gasteiger partial charge in [-0.2, -0.15) is 10.1 Å². The number of carbonyl (C=O) groups excluding carboxylic acids is 1. The molecule has 0 saturated carbocycles. The minimum Gasteiger partial charge on any atom is -0.464 e. The summed E-state index contributed by atoms with van der Waals surface area (Å²) in [5, 5.41) is 5.51. The Bertz CT molecular complexity index is 994. The fourth-order valence-electron chi connectivity index (χ4n) is 3.60. The average Bonchev–Trinajstić information content (AvgIpc) is 3.01. The number of fused-ring (bicyclic) bond motifs is 1. The van der Waals surface area contributed by atoms with Gasteiger partial charge in [-0.15, -0.1) is 0 Å². The maximum atomic E-state index is 12.7.